The molecule has 2 heterocycles. The first-order valence-corrected chi connectivity index (χ1v) is 8.48. The van der Waals surface area contributed by atoms with Crippen molar-refractivity contribution >= 4 is 5.91 Å². The molecule has 3 aromatic rings. The van der Waals surface area contributed by atoms with Gasteiger partial charge < -0.3 is 9.64 Å². The Balaban J connectivity index is 1.59. The molecule has 1 amide bonds. The van der Waals surface area contributed by atoms with Gasteiger partial charge in [0, 0.05) is 12.1 Å². The lowest BCUT2D eigenvalue weighted by Gasteiger charge is -2.41. The smallest absolute Gasteiger partial charge is 0.254 e. The van der Waals surface area contributed by atoms with Crippen molar-refractivity contribution in [2.75, 3.05) is 13.7 Å². The summed E-state index contributed by atoms with van der Waals surface area (Å²) in [5.74, 6) is 1.49. The topological polar surface area (TPSA) is 73.1 Å². The summed E-state index contributed by atoms with van der Waals surface area (Å²) in [7, 11) is 1.65. The monoisotopic (exact) mass is 349 g/mol. The molecule has 1 saturated heterocycles. The van der Waals surface area contributed by atoms with E-state index in [1.54, 1.807) is 11.8 Å². The third kappa shape index (κ3) is 2.81. The van der Waals surface area contributed by atoms with E-state index >= 15 is 0 Å². The number of ether oxygens (including phenoxy) is 1. The van der Waals surface area contributed by atoms with Crippen molar-refractivity contribution in [2.24, 2.45) is 0 Å². The molecule has 0 N–H and O–H groups in total. The number of tetrazole rings is 1. The number of aryl methyl sites for hydroxylation is 1. The molecule has 132 valence electrons. The highest BCUT2D eigenvalue weighted by molar-refractivity contribution is 5.95. The number of nitrogens with zero attached hydrogens (tertiary/aromatic N) is 5. The van der Waals surface area contributed by atoms with Crippen molar-refractivity contribution < 1.29 is 9.53 Å². The van der Waals surface area contributed by atoms with E-state index in [0.29, 0.717) is 11.4 Å². The number of hydrogen-bond acceptors (Lipinski definition) is 5. The van der Waals surface area contributed by atoms with Gasteiger partial charge in [0.1, 0.15) is 5.75 Å². The van der Waals surface area contributed by atoms with Crippen molar-refractivity contribution in [1.82, 2.24) is 25.1 Å². The van der Waals surface area contributed by atoms with E-state index in [-0.39, 0.29) is 11.9 Å². The van der Waals surface area contributed by atoms with Crippen LogP contribution < -0.4 is 4.74 Å². The molecule has 1 atom stereocenters. The predicted molar refractivity (Wildman–Crippen MR) is 95.3 cm³/mol. The van der Waals surface area contributed by atoms with Crippen molar-refractivity contribution in [3.63, 3.8) is 0 Å². The van der Waals surface area contributed by atoms with Crippen LogP contribution in [-0.4, -0.2) is 44.7 Å². The molecule has 0 radical (unpaired) electrons. The van der Waals surface area contributed by atoms with Crippen LogP contribution in [0.2, 0.25) is 0 Å². The van der Waals surface area contributed by atoms with Gasteiger partial charge in [-0.25, -0.2) is 0 Å². The van der Waals surface area contributed by atoms with Crippen LogP contribution in [0.25, 0.3) is 5.69 Å². The molecule has 26 heavy (non-hydrogen) atoms. The van der Waals surface area contributed by atoms with E-state index in [9.17, 15) is 4.79 Å². The molecule has 1 fully saturated rings. The lowest BCUT2D eigenvalue weighted by molar-refractivity contribution is 0.0460. The summed E-state index contributed by atoms with van der Waals surface area (Å²) in [5, 5.41) is 11.5. The Bertz CT molecular complexity index is 952. The Morgan fingerprint density at radius 3 is 2.73 bits per heavy atom. The maximum Gasteiger partial charge on any atom is 0.254 e. The van der Waals surface area contributed by atoms with Crippen molar-refractivity contribution in [2.45, 2.75) is 19.4 Å². The second-order valence-electron chi connectivity index (χ2n) is 6.27. The molecule has 7 heteroatoms. The van der Waals surface area contributed by atoms with Crippen LogP contribution in [0.15, 0.2) is 48.5 Å². The van der Waals surface area contributed by atoms with Gasteiger partial charge in [0.05, 0.1) is 18.8 Å². The lowest BCUT2D eigenvalue weighted by Crippen LogP contribution is -2.45. The molecule has 1 aromatic heterocycles. The van der Waals surface area contributed by atoms with Crippen LogP contribution in [0.5, 0.6) is 5.75 Å². The van der Waals surface area contributed by atoms with Crippen molar-refractivity contribution in [1.29, 1.82) is 0 Å². The van der Waals surface area contributed by atoms with Gasteiger partial charge in [-0.2, -0.15) is 4.68 Å². The van der Waals surface area contributed by atoms with Gasteiger partial charge in [-0.1, -0.05) is 18.2 Å². The standard InChI is InChI=1S/C19H19N5O2/c1-13-20-21-22-24(13)16-7-3-6-15(11-16)19(25)23-10-9-18(23)14-5-4-8-17(12-14)26-2/h3-8,11-12,18H,9-10H2,1-2H3/t18-/m0/s1. The molecule has 0 saturated carbocycles. The zero-order chi connectivity index (χ0) is 18.1. The van der Waals surface area contributed by atoms with Crippen LogP contribution >= 0.6 is 0 Å². The Morgan fingerprint density at radius 2 is 2.04 bits per heavy atom. The van der Waals surface area contributed by atoms with Crippen LogP contribution in [0, 0.1) is 6.92 Å². The summed E-state index contributed by atoms with van der Waals surface area (Å²) in [4.78, 5) is 14.9. The quantitative estimate of drug-likeness (QED) is 0.724. The first-order chi connectivity index (χ1) is 12.7. The molecule has 1 aliphatic rings. The third-order valence-electron chi connectivity index (χ3n) is 4.72. The molecule has 0 bridgehead atoms. The number of methoxy groups -OCH3 is 1. The van der Waals surface area contributed by atoms with E-state index in [1.165, 1.54) is 0 Å². The highest BCUT2D eigenvalue weighted by atomic mass is 16.5. The molecule has 0 aliphatic carbocycles. The first-order valence-electron chi connectivity index (χ1n) is 8.48. The number of amides is 1. The van der Waals surface area contributed by atoms with Crippen LogP contribution in [0.4, 0.5) is 0 Å². The second kappa shape index (κ2) is 6.59. The molecule has 7 nitrogen and oxygen atoms in total. The molecule has 0 unspecified atom stereocenters. The van der Waals surface area contributed by atoms with E-state index in [0.717, 1.165) is 30.0 Å². The molecule has 4 rings (SSSR count). The van der Waals surface area contributed by atoms with Crippen molar-refractivity contribution in [3.8, 4) is 11.4 Å². The van der Waals surface area contributed by atoms with E-state index in [1.807, 2.05) is 60.4 Å². The highest BCUT2D eigenvalue weighted by Crippen LogP contribution is 2.35. The van der Waals surface area contributed by atoms with Gasteiger partial charge in [0.15, 0.2) is 5.82 Å². The first kappa shape index (κ1) is 16.3. The van der Waals surface area contributed by atoms with Gasteiger partial charge in [-0.05, 0) is 59.7 Å². The maximum atomic E-state index is 13.0. The average molecular weight is 349 g/mol. The zero-order valence-electron chi connectivity index (χ0n) is 14.7. The fourth-order valence-corrected chi connectivity index (χ4v) is 3.23. The van der Waals surface area contributed by atoms with Crippen LogP contribution in [0.1, 0.15) is 34.2 Å². The average Bonchev–Trinajstić information content (AvgIpc) is 3.07. The van der Waals surface area contributed by atoms with E-state index in [4.69, 9.17) is 4.74 Å². The fourth-order valence-electron chi connectivity index (χ4n) is 3.23. The van der Waals surface area contributed by atoms with Gasteiger partial charge in [0.25, 0.3) is 5.91 Å². The molecule has 1 aliphatic heterocycles. The van der Waals surface area contributed by atoms with Gasteiger partial charge >= 0.3 is 0 Å². The lowest BCUT2D eigenvalue weighted by atomic mass is 9.93. The van der Waals surface area contributed by atoms with E-state index in [2.05, 4.69) is 15.5 Å². The fraction of sp³-hybridized carbons (Fsp3) is 0.263. The molecule has 2 aromatic carbocycles. The number of likely N-dealkylation sites (tertiary alicyclic amines) is 1. The molecule has 0 spiro atoms. The number of carbonyl (C=O) groups is 1. The van der Waals surface area contributed by atoms with Crippen LogP contribution in [0.3, 0.4) is 0 Å². The van der Waals surface area contributed by atoms with Gasteiger partial charge in [0.2, 0.25) is 0 Å². The summed E-state index contributed by atoms with van der Waals surface area (Å²) in [6.45, 7) is 2.57. The normalized spacial score (nSPS) is 16.2. The Labute approximate surface area is 151 Å². The molecular weight excluding hydrogens is 330 g/mol. The number of benzene rings is 2. The minimum absolute atomic E-state index is 0.0108. The van der Waals surface area contributed by atoms with Gasteiger partial charge in [-0.3, -0.25) is 4.79 Å². The third-order valence-corrected chi connectivity index (χ3v) is 4.72. The molecular formula is C19H19N5O2. The second-order valence-corrected chi connectivity index (χ2v) is 6.27. The largest absolute Gasteiger partial charge is 0.497 e. The summed E-state index contributed by atoms with van der Waals surface area (Å²) in [6, 6.07) is 15.4. The Kier molecular flexibility index (Phi) is 4.12. The Morgan fingerprint density at radius 1 is 1.19 bits per heavy atom. The Hall–Kier alpha value is -3.22. The summed E-state index contributed by atoms with van der Waals surface area (Å²) in [6.07, 6.45) is 0.949. The van der Waals surface area contributed by atoms with E-state index < -0.39 is 0 Å². The zero-order valence-corrected chi connectivity index (χ0v) is 14.7. The predicted octanol–water partition coefficient (Wildman–Crippen LogP) is 2.57. The number of carbonyl (C=O) groups excluding carboxylic acids is 1. The maximum absolute atomic E-state index is 13.0. The SMILES string of the molecule is COc1cccc([C@@H]2CCN2C(=O)c2cccc(-n3nnnc3C)c2)c1. The number of hydrogen-bond donors (Lipinski definition) is 0. The van der Waals surface area contributed by atoms with Crippen molar-refractivity contribution in [3.05, 3.63) is 65.5 Å². The number of rotatable bonds is 4. The van der Waals surface area contributed by atoms with Gasteiger partial charge in [-0.15, -0.1) is 5.10 Å². The summed E-state index contributed by atoms with van der Waals surface area (Å²) < 4.78 is 6.91. The summed E-state index contributed by atoms with van der Waals surface area (Å²) >= 11 is 0. The minimum Gasteiger partial charge on any atom is -0.497 e. The summed E-state index contributed by atoms with van der Waals surface area (Å²) in [5.41, 5.74) is 2.50. The minimum atomic E-state index is 0.0108. The number of aromatic nitrogens is 4. The highest BCUT2D eigenvalue weighted by Gasteiger charge is 2.34. The van der Waals surface area contributed by atoms with Crippen LogP contribution in [-0.2, 0) is 0 Å².